The topological polar surface area (TPSA) is 77.9 Å². The molecule has 0 aromatic heterocycles. The highest BCUT2D eigenvalue weighted by Gasteiger charge is 2.35. The van der Waals surface area contributed by atoms with Crippen LogP contribution in [0.2, 0.25) is 0 Å². The van der Waals surface area contributed by atoms with Crippen molar-refractivity contribution in [2.24, 2.45) is 0 Å². The summed E-state index contributed by atoms with van der Waals surface area (Å²) in [6.07, 6.45) is 2.10. The largest absolute Gasteiger partial charge is 0.480 e. The summed E-state index contributed by atoms with van der Waals surface area (Å²) in [5.74, 6) is -1.41. The van der Waals surface area contributed by atoms with Crippen molar-refractivity contribution in [1.29, 1.82) is 0 Å². The van der Waals surface area contributed by atoms with E-state index in [1.807, 2.05) is 12.1 Å². The molecule has 2 aliphatic heterocycles. The predicted octanol–water partition coefficient (Wildman–Crippen LogP) is 1.11. The minimum absolute atomic E-state index is 0.0582. The maximum Gasteiger partial charge on any atom is 0.326 e. The first-order valence-electron chi connectivity index (χ1n) is 7.47. The molecule has 116 valence electrons. The van der Waals surface area contributed by atoms with Gasteiger partial charge < -0.3 is 14.9 Å². The van der Waals surface area contributed by atoms with E-state index in [0.29, 0.717) is 25.1 Å². The first-order valence-corrected chi connectivity index (χ1v) is 7.47. The molecule has 3 rings (SSSR count). The van der Waals surface area contributed by atoms with Crippen molar-refractivity contribution in [3.05, 3.63) is 35.4 Å². The van der Waals surface area contributed by atoms with Crippen LogP contribution in [0.25, 0.3) is 0 Å². The van der Waals surface area contributed by atoms with Crippen molar-refractivity contribution in [2.45, 2.75) is 31.8 Å². The minimum Gasteiger partial charge on any atom is -0.480 e. The monoisotopic (exact) mass is 302 g/mol. The molecular formula is C16H18N2O4. The summed E-state index contributed by atoms with van der Waals surface area (Å²) in [6.45, 7) is 0.800. The molecule has 0 spiro atoms. The Morgan fingerprint density at radius 2 is 2.00 bits per heavy atom. The van der Waals surface area contributed by atoms with E-state index >= 15 is 0 Å². The van der Waals surface area contributed by atoms with Gasteiger partial charge in [-0.3, -0.25) is 9.59 Å². The predicted molar refractivity (Wildman–Crippen MR) is 78.2 cm³/mol. The smallest absolute Gasteiger partial charge is 0.326 e. The summed E-state index contributed by atoms with van der Waals surface area (Å²) in [5.41, 5.74) is 1.54. The number of hydrogen-bond donors (Lipinski definition) is 1. The highest BCUT2D eigenvalue weighted by molar-refractivity contribution is 6.00. The summed E-state index contributed by atoms with van der Waals surface area (Å²) in [6, 6.07) is 6.53. The molecule has 0 radical (unpaired) electrons. The van der Waals surface area contributed by atoms with E-state index < -0.39 is 12.0 Å². The molecule has 1 saturated heterocycles. The number of rotatable bonds is 3. The Labute approximate surface area is 128 Å². The molecule has 2 amide bonds. The van der Waals surface area contributed by atoms with Crippen molar-refractivity contribution in [3.8, 4) is 0 Å². The fourth-order valence-electron chi connectivity index (χ4n) is 3.18. The number of amides is 2. The summed E-state index contributed by atoms with van der Waals surface area (Å²) in [4.78, 5) is 38.9. The first kappa shape index (κ1) is 14.6. The van der Waals surface area contributed by atoms with Gasteiger partial charge >= 0.3 is 5.97 Å². The number of benzene rings is 1. The molecule has 6 nitrogen and oxygen atoms in total. The van der Waals surface area contributed by atoms with Crippen LogP contribution >= 0.6 is 0 Å². The lowest BCUT2D eigenvalue weighted by molar-refractivity contribution is -0.152. The van der Waals surface area contributed by atoms with Gasteiger partial charge in [0.15, 0.2) is 0 Å². The molecule has 0 unspecified atom stereocenters. The SMILES string of the molecule is O=C(O)[C@H]1CCCCN1C(=O)CN1Cc2ccccc2C1=O. The Kier molecular flexibility index (Phi) is 3.83. The molecule has 0 saturated carbocycles. The van der Waals surface area contributed by atoms with Gasteiger partial charge in [0.25, 0.3) is 5.91 Å². The number of aliphatic carboxylic acids is 1. The number of fused-ring (bicyclic) bond motifs is 1. The maximum absolute atomic E-state index is 12.4. The lowest BCUT2D eigenvalue weighted by Gasteiger charge is -2.34. The second-order valence-electron chi connectivity index (χ2n) is 5.76. The minimum atomic E-state index is -0.968. The zero-order valence-corrected chi connectivity index (χ0v) is 12.2. The summed E-state index contributed by atoms with van der Waals surface area (Å²) < 4.78 is 0. The Morgan fingerprint density at radius 1 is 1.23 bits per heavy atom. The average molecular weight is 302 g/mol. The molecule has 1 aromatic carbocycles. The number of carboxylic acids is 1. The zero-order chi connectivity index (χ0) is 15.7. The van der Waals surface area contributed by atoms with E-state index in [9.17, 15) is 19.5 Å². The van der Waals surface area contributed by atoms with E-state index in [4.69, 9.17) is 0 Å². The van der Waals surface area contributed by atoms with E-state index in [0.717, 1.165) is 18.4 Å². The number of carboxylic acid groups (broad SMARTS) is 1. The van der Waals surface area contributed by atoms with Crippen LogP contribution in [-0.4, -0.2) is 51.8 Å². The van der Waals surface area contributed by atoms with Crippen molar-refractivity contribution < 1.29 is 19.5 Å². The molecule has 1 N–H and O–H groups in total. The average Bonchev–Trinajstić information content (AvgIpc) is 2.84. The van der Waals surface area contributed by atoms with Crippen LogP contribution in [-0.2, 0) is 16.1 Å². The number of hydrogen-bond acceptors (Lipinski definition) is 3. The molecule has 2 aliphatic rings. The highest BCUT2D eigenvalue weighted by Crippen LogP contribution is 2.23. The lowest BCUT2D eigenvalue weighted by atomic mass is 10.0. The van der Waals surface area contributed by atoms with Gasteiger partial charge in [-0.1, -0.05) is 18.2 Å². The molecule has 1 fully saturated rings. The van der Waals surface area contributed by atoms with Gasteiger partial charge in [-0.2, -0.15) is 0 Å². The van der Waals surface area contributed by atoms with Gasteiger partial charge in [0.1, 0.15) is 12.6 Å². The van der Waals surface area contributed by atoms with Crippen LogP contribution in [0.5, 0.6) is 0 Å². The quantitative estimate of drug-likeness (QED) is 0.907. The molecule has 1 atom stereocenters. The van der Waals surface area contributed by atoms with Crippen LogP contribution < -0.4 is 0 Å². The molecule has 6 heteroatoms. The third-order valence-electron chi connectivity index (χ3n) is 4.33. The van der Waals surface area contributed by atoms with Crippen LogP contribution in [0.4, 0.5) is 0 Å². The van der Waals surface area contributed by atoms with Crippen molar-refractivity contribution in [1.82, 2.24) is 9.80 Å². The third-order valence-corrected chi connectivity index (χ3v) is 4.33. The van der Waals surface area contributed by atoms with Crippen LogP contribution in [0, 0.1) is 0 Å². The molecular weight excluding hydrogens is 284 g/mol. The Balaban J connectivity index is 1.70. The summed E-state index contributed by atoms with van der Waals surface area (Å²) in [7, 11) is 0. The number of carbonyl (C=O) groups excluding carboxylic acids is 2. The van der Waals surface area contributed by atoms with E-state index in [-0.39, 0.29) is 18.4 Å². The molecule has 22 heavy (non-hydrogen) atoms. The number of piperidine rings is 1. The Hall–Kier alpha value is -2.37. The van der Waals surface area contributed by atoms with E-state index in [1.54, 1.807) is 12.1 Å². The van der Waals surface area contributed by atoms with Gasteiger partial charge in [-0.15, -0.1) is 0 Å². The summed E-state index contributed by atoms with van der Waals surface area (Å²) in [5, 5.41) is 9.24. The van der Waals surface area contributed by atoms with Crippen molar-refractivity contribution >= 4 is 17.8 Å². The number of likely N-dealkylation sites (tertiary alicyclic amines) is 1. The van der Waals surface area contributed by atoms with Gasteiger partial charge in [0.2, 0.25) is 5.91 Å². The normalized spacial score (nSPS) is 20.9. The fourth-order valence-corrected chi connectivity index (χ4v) is 3.18. The van der Waals surface area contributed by atoms with Crippen molar-refractivity contribution in [3.63, 3.8) is 0 Å². The van der Waals surface area contributed by atoms with E-state index in [1.165, 1.54) is 9.80 Å². The molecule has 2 heterocycles. The Bertz CT molecular complexity index is 628. The van der Waals surface area contributed by atoms with E-state index in [2.05, 4.69) is 0 Å². The van der Waals surface area contributed by atoms with Crippen LogP contribution in [0.15, 0.2) is 24.3 Å². The number of carbonyl (C=O) groups is 3. The molecule has 0 bridgehead atoms. The van der Waals surface area contributed by atoms with Gasteiger partial charge in [-0.05, 0) is 30.9 Å². The zero-order valence-electron chi connectivity index (χ0n) is 12.2. The first-order chi connectivity index (χ1) is 10.6. The highest BCUT2D eigenvalue weighted by atomic mass is 16.4. The Morgan fingerprint density at radius 3 is 2.73 bits per heavy atom. The maximum atomic E-state index is 12.4. The molecule has 0 aliphatic carbocycles. The fraction of sp³-hybridized carbons (Fsp3) is 0.438. The van der Waals surface area contributed by atoms with Crippen LogP contribution in [0.3, 0.4) is 0 Å². The standard InChI is InChI=1S/C16H18N2O4/c19-14(18-8-4-3-7-13(18)16(21)22)10-17-9-11-5-1-2-6-12(11)15(17)20/h1-2,5-6,13H,3-4,7-10H2,(H,21,22)/t13-/m1/s1. The lowest BCUT2D eigenvalue weighted by Crippen LogP contribution is -2.51. The van der Waals surface area contributed by atoms with Gasteiger partial charge in [0, 0.05) is 18.7 Å². The second-order valence-corrected chi connectivity index (χ2v) is 5.76. The van der Waals surface area contributed by atoms with Gasteiger partial charge in [0.05, 0.1) is 0 Å². The van der Waals surface area contributed by atoms with Crippen molar-refractivity contribution in [2.75, 3.05) is 13.1 Å². The third kappa shape index (κ3) is 2.56. The van der Waals surface area contributed by atoms with Gasteiger partial charge in [-0.25, -0.2) is 4.79 Å². The van der Waals surface area contributed by atoms with Crippen LogP contribution in [0.1, 0.15) is 35.2 Å². The number of nitrogens with zero attached hydrogens (tertiary/aromatic N) is 2. The second kappa shape index (κ2) is 5.79. The molecule has 1 aromatic rings. The summed E-state index contributed by atoms with van der Waals surface area (Å²) >= 11 is 0.